The summed E-state index contributed by atoms with van der Waals surface area (Å²) in [6.45, 7) is 1.65. The smallest absolute Gasteiger partial charge is 0.0725 e. The molecule has 0 spiro atoms. The van der Waals surface area contributed by atoms with Crippen molar-refractivity contribution in [2.24, 2.45) is 0 Å². The zero-order chi connectivity index (χ0) is 7.97. The highest BCUT2D eigenvalue weighted by molar-refractivity contribution is 5.36. The molecule has 0 N–H and O–H groups in total. The average Bonchev–Trinajstić information content (AvgIpc) is 2.84. The van der Waals surface area contributed by atoms with Gasteiger partial charge in [-0.1, -0.05) is 18.2 Å². The lowest BCUT2D eigenvalue weighted by Gasteiger charge is -2.00. The van der Waals surface area contributed by atoms with E-state index in [-0.39, 0.29) is 0 Å². The van der Waals surface area contributed by atoms with E-state index in [1.54, 1.807) is 0 Å². The van der Waals surface area contributed by atoms with Gasteiger partial charge in [-0.15, -0.1) is 0 Å². The van der Waals surface area contributed by atoms with Crippen LogP contribution in [0.3, 0.4) is 0 Å². The van der Waals surface area contributed by atoms with Crippen molar-refractivity contribution in [3.63, 3.8) is 0 Å². The van der Waals surface area contributed by atoms with Gasteiger partial charge in [0.15, 0.2) is 0 Å². The van der Waals surface area contributed by atoms with Crippen molar-refractivity contribution in [1.29, 1.82) is 0 Å². The van der Waals surface area contributed by atoms with Gasteiger partial charge in [-0.2, -0.15) is 0 Å². The van der Waals surface area contributed by atoms with E-state index in [9.17, 15) is 0 Å². The Labute approximate surface area is 72.4 Å². The normalized spacial score (nSPS) is 21.0. The molecule has 1 heterocycles. The molecule has 1 aliphatic heterocycles. The van der Waals surface area contributed by atoms with E-state index in [2.05, 4.69) is 18.2 Å². The molecule has 2 aliphatic rings. The second-order valence-electron chi connectivity index (χ2n) is 3.80. The first-order valence-corrected chi connectivity index (χ1v) is 4.63. The van der Waals surface area contributed by atoms with Crippen LogP contribution >= 0.6 is 0 Å². The first-order chi connectivity index (χ1) is 5.93. The Morgan fingerprint density at radius 1 is 1.08 bits per heavy atom. The van der Waals surface area contributed by atoms with Gasteiger partial charge in [0.1, 0.15) is 0 Å². The maximum absolute atomic E-state index is 5.37. The van der Waals surface area contributed by atoms with Crippen molar-refractivity contribution < 1.29 is 4.74 Å². The number of fused-ring (bicyclic) bond motifs is 1. The van der Waals surface area contributed by atoms with E-state index in [1.807, 2.05) is 0 Å². The Morgan fingerprint density at radius 2 is 1.92 bits per heavy atom. The van der Waals surface area contributed by atoms with E-state index in [0.717, 1.165) is 19.1 Å². The molecule has 1 heteroatoms. The zero-order valence-corrected chi connectivity index (χ0v) is 7.05. The van der Waals surface area contributed by atoms with Crippen molar-refractivity contribution >= 4 is 0 Å². The van der Waals surface area contributed by atoms with E-state index < -0.39 is 0 Å². The largest absolute Gasteiger partial charge is 0.372 e. The molecule has 12 heavy (non-hydrogen) atoms. The quantitative estimate of drug-likeness (QED) is 0.613. The van der Waals surface area contributed by atoms with E-state index in [0.29, 0.717) is 0 Å². The lowest BCUT2D eigenvalue weighted by atomic mass is 10.0. The minimum atomic E-state index is 0.820. The Balaban J connectivity index is 2.03. The van der Waals surface area contributed by atoms with Crippen LogP contribution < -0.4 is 0 Å². The van der Waals surface area contributed by atoms with Gasteiger partial charge in [0.25, 0.3) is 0 Å². The summed E-state index contributed by atoms with van der Waals surface area (Å²) in [6, 6.07) is 6.83. The van der Waals surface area contributed by atoms with Gasteiger partial charge in [0.2, 0.25) is 0 Å². The first-order valence-electron chi connectivity index (χ1n) is 4.63. The van der Waals surface area contributed by atoms with Crippen LogP contribution in [0.1, 0.15) is 35.4 Å². The highest BCUT2D eigenvalue weighted by atomic mass is 16.5. The summed E-state index contributed by atoms with van der Waals surface area (Å²) in [7, 11) is 0. The van der Waals surface area contributed by atoms with E-state index in [1.165, 1.54) is 29.5 Å². The second-order valence-corrected chi connectivity index (χ2v) is 3.80. The monoisotopic (exact) mass is 160 g/mol. The van der Waals surface area contributed by atoms with Gasteiger partial charge in [-0.25, -0.2) is 0 Å². The number of benzene rings is 1. The molecule has 1 aliphatic carbocycles. The first kappa shape index (κ1) is 6.67. The van der Waals surface area contributed by atoms with E-state index in [4.69, 9.17) is 4.74 Å². The molecular formula is C11H12O. The van der Waals surface area contributed by atoms with Crippen LogP contribution in [0, 0.1) is 0 Å². The Hall–Kier alpha value is -0.820. The number of hydrogen-bond donors (Lipinski definition) is 0. The fourth-order valence-electron chi connectivity index (χ4n) is 1.86. The Bertz CT molecular complexity index is 313. The third-order valence-corrected chi connectivity index (χ3v) is 2.79. The van der Waals surface area contributed by atoms with Crippen molar-refractivity contribution in [2.45, 2.75) is 32.0 Å². The van der Waals surface area contributed by atoms with Gasteiger partial charge < -0.3 is 4.74 Å². The molecule has 0 amide bonds. The number of ether oxygens (including phenoxy) is 1. The molecule has 3 rings (SSSR count). The highest BCUT2D eigenvalue weighted by Crippen LogP contribution is 2.41. The number of rotatable bonds is 1. The lowest BCUT2D eigenvalue weighted by molar-refractivity contribution is 0.134. The molecule has 1 fully saturated rings. The minimum Gasteiger partial charge on any atom is -0.372 e. The van der Waals surface area contributed by atoms with Crippen LogP contribution in [0.15, 0.2) is 18.2 Å². The molecular weight excluding hydrogens is 148 g/mol. The molecule has 0 saturated heterocycles. The fraction of sp³-hybridized carbons (Fsp3) is 0.455. The zero-order valence-electron chi connectivity index (χ0n) is 7.05. The highest BCUT2D eigenvalue weighted by Gasteiger charge is 2.24. The standard InChI is InChI=1S/C11H12O/c1-2-8(1)9-3-4-10-6-12-7-11(10)5-9/h3-5,8H,1-2,6-7H2. The summed E-state index contributed by atoms with van der Waals surface area (Å²) < 4.78 is 5.37. The summed E-state index contributed by atoms with van der Waals surface area (Å²) in [5.41, 5.74) is 4.33. The molecule has 1 saturated carbocycles. The third kappa shape index (κ3) is 0.969. The summed E-state index contributed by atoms with van der Waals surface area (Å²) in [4.78, 5) is 0. The van der Waals surface area contributed by atoms with Crippen LogP contribution in [-0.4, -0.2) is 0 Å². The van der Waals surface area contributed by atoms with Gasteiger partial charge >= 0.3 is 0 Å². The molecule has 1 nitrogen and oxygen atoms in total. The molecule has 1 aromatic rings. The Kier molecular flexibility index (Phi) is 1.30. The third-order valence-electron chi connectivity index (χ3n) is 2.79. The SMILES string of the molecule is c1cc2c(cc1C1CC1)COC2. The molecule has 0 radical (unpaired) electrons. The molecule has 0 aromatic heterocycles. The van der Waals surface area contributed by atoms with Gasteiger partial charge in [-0.3, -0.25) is 0 Å². The molecule has 0 bridgehead atoms. The van der Waals surface area contributed by atoms with Gasteiger partial charge in [0.05, 0.1) is 13.2 Å². The maximum Gasteiger partial charge on any atom is 0.0725 e. The molecule has 0 unspecified atom stereocenters. The predicted molar refractivity (Wildman–Crippen MR) is 46.9 cm³/mol. The topological polar surface area (TPSA) is 9.23 Å². The lowest BCUT2D eigenvalue weighted by Crippen LogP contribution is -1.85. The summed E-state index contributed by atoms with van der Waals surface area (Å²) in [5.74, 6) is 0.871. The predicted octanol–water partition coefficient (Wildman–Crippen LogP) is 2.59. The second kappa shape index (κ2) is 2.33. The van der Waals surface area contributed by atoms with Gasteiger partial charge in [-0.05, 0) is 35.4 Å². The maximum atomic E-state index is 5.37. The van der Waals surface area contributed by atoms with Crippen LogP contribution in [0.4, 0.5) is 0 Å². The molecule has 62 valence electrons. The van der Waals surface area contributed by atoms with Crippen LogP contribution in [0.25, 0.3) is 0 Å². The van der Waals surface area contributed by atoms with Crippen LogP contribution in [-0.2, 0) is 18.0 Å². The van der Waals surface area contributed by atoms with E-state index >= 15 is 0 Å². The van der Waals surface area contributed by atoms with Crippen LogP contribution in [0.2, 0.25) is 0 Å². The van der Waals surface area contributed by atoms with Crippen molar-refractivity contribution in [2.75, 3.05) is 0 Å². The van der Waals surface area contributed by atoms with Crippen LogP contribution in [0.5, 0.6) is 0 Å². The average molecular weight is 160 g/mol. The molecule has 0 atom stereocenters. The fourth-order valence-corrected chi connectivity index (χ4v) is 1.86. The van der Waals surface area contributed by atoms with Crippen molar-refractivity contribution in [1.82, 2.24) is 0 Å². The summed E-state index contributed by atoms with van der Waals surface area (Å²) in [5, 5.41) is 0. The summed E-state index contributed by atoms with van der Waals surface area (Å²) in [6.07, 6.45) is 2.78. The molecule has 1 aromatic carbocycles. The summed E-state index contributed by atoms with van der Waals surface area (Å²) >= 11 is 0. The number of hydrogen-bond acceptors (Lipinski definition) is 1. The minimum absolute atomic E-state index is 0.820. The van der Waals surface area contributed by atoms with Gasteiger partial charge in [0, 0.05) is 0 Å². The Morgan fingerprint density at radius 3 is 2.75 bits per heavy atom. The van der Waals surface area contributed by atoms with Crippen molar-refractivity contribution in [3.05, 3.63) is 34.9 Å². The van der Waals surface area contributed by atoms with Crippen molar-refractivity contribution in [3.8, 4) is 0 Å².